The molecule has 0 aromatic heterocycles. The minimum atomic E-state index is -0.742. The molecule has 2 aromatic rings. The third-order valence-electron chi connectivity index (χ3n) is 4.31. The second kappa shape index (κ2) is 5.46. The van der Waals surface area contributed by atoms with Gasteiger partial charge in [0, 0.05) is 12.7 Å². The van der Waals surface area contributed by atoms with E-state index in [0.29, 0.717) is 5.75 Å². The summed E-state index contributed by atoms with van der Waals surface area (Å²) in [5.74, 6) is 0.626. The smallest absolute Gasteiger partial charge is 0.234 e. The molecule has 0 fully saturated rings. The van der Waals surface area contributed by atoms with Crippen molar-refractivity contribution in [3.63, 3.8) is 0 Å². The molecule has 0 aliphatic carbocycles. The lowest BCUT2D eigenvalue weighted by atomic mass is 9.95. The van der Waals surface area contributed by atoms with E-state index < -0.39 is 6.10 Å². The molecule has 0 spiro atoms. The van der Waals surface area contributed by atoms with Crippen LogP contribution in [0.2, 0.25) is 0 Å². The number of anilines is 1. The molecule has 1 amide bonds. The lowest BCUT2D eigenvalue weighted by Gasteiger charge is -2.15. The lowest BCUT2D eigenvalue weighted by Crippen LogP contribution is -2.22. The molecule has 2 aromatic carbocycles. The van der Waals surface area contributed by atoms with Gasteiger partial charge in [-0.1, -0.05) is 18.2 Å². The fourth-order valence-electron chi connectivity index (χ4n) is 2.94. The first-order chi connectivity index (χ1) is 10.5. The van der Waals surface area contributed by atoms with Gasteiger partial charge in [-0.05, 0) is 47.9 Å². The van der Waals surface area contributed by atoms with Crippen LogP contribution in [0.3, 0.4) is 0 Å². The number of nitrogens with zero attached hydrogens (tertiary/aromatic N) is 1. The molecule has 0 saturated carbocycles. The minimum absolute atomic E-state index is 0.0861. The summed E-state index contributed by atoms with van der Waals surface area (Å²) in [6.07, 6.45) is -0.742. The Morgan fingerprint density at radius 2 is 1.91 bits per heavy atom. The molecule has 1 aliphatic rings. The highest BCUT2D eigenvalue weighted by atomic mass is 16.5. The van der Waals surface area contributed by atoms with Crippen molar-refractivity contribution in [2.24, 2.45) is 0 Å². The Morgan fingerprint density at radius 1 is 1.18 bits per heavy atom. The zero-order chi connectivity index (χ0) is 15.9. The fraction of sp³-hybridized carbons (Fsp3) is 0.278. The van der Waals surface area contributed by atoms with E-state index in [4.69, 9.17) is 4.74 Å². The van der Waals surface area contributed by atoms with E-state index in [1.165, 1.54) is 0 Å². The molecule has 2 atom stereocenters. The van der Waals surface area contributed by atoms with E-state index >= 15 is 0 Å². The van der Waals surface area contributed by atoms with Gasteiger partial charge in [0.1, 0.15) is 11.9 Å². The summed E-state index contributed by atoms with van der Waals surface area (Å²) in [7, 11) is 3.38. The van der Waals surface area contributed by atoms with E-state index in [0.717, 1.165) is 22.4 Å². The van der Waals surface area contributed by atoms with Crippen molar-refractivity contribution in [1.82, 2.24) is 0 Å². The van der Waals surface area contributed by atoms with Crippen LogP contribution in [0.5, 0.6) is 5.75 Å². The quantitative estimate of drug-likeness (QED) is 0.947. The SMILES string of the molecule is COc1cccc(C(O)c2ccc3c(c2)C(C)C(=O)N3C)c1. The molecule has 0 radical (unpaired) electrons. The van der Waals surface area contributed by atoms with Gasteiger partial charge < -0.3 is 14.7 Å². The van der Waals surface area contributed by atoms with Gasteiger partial charge >= 0.3 is 0 Å². The largest absolute Gasteiger partial charge is 0.497 e. The molecule has 114 valence electrons. The van der Waals surface area contributed by atoms with E-state index in [1.807, 2.05) is 49.4 Å². The van der Waals surface area contributed by atoms with Crippen LogP contribution in [0.15, 0.2) is 42.5 Å². The van der Waals surface area contributed by atoms with Gasteiger partial charge in [0.05, 0.1) is 13.0 Å². The van der Waals surface area contributed by atoms with Crippen LogP contribution in [-0.4, -0.2) is 25.2 Å². The Balaban J connectivity index is 1.98. The summed E-state index contributed by atoms with van der Waals surface area (Å²) >= 11 is 0. The number of ether oxygens (including phenoxy) is 1. The molecule has 22 heavy (non-hydrogen) atoms. The first-order valence-corrected chi connectivity index (χ1v) is 7.26. The van der Waals surface area contributed by atoms with Crippen molar-refractivity contribution in [2.75, 3.05) is 19.1 Å². The number of amides is 1. The maximum Gasteiger partial charge on any atom is 0.234 e. The molecule has 3 rings (SSSR count). The number of benzene rings is 2. The number of aliphatic hydroxyl groups excluding tert-OH is 1. The molecule has 1 N–H and O–H groups in total. The topological polar surface area (TPSA) is 49.8 Å². The summed E-state index contributed by atoms with van der Waals surface area (Å²) < 4.78 is 5.20. The Bertz CT molecular complexity index is 726. The van der Waals surface area contributed by atoms with Gasteiger partial charge in [-0.3, -0.25) is 4.79 Å². The van der Waals surface area contributed by atoms with Crippen molar-refractivity contribution in [1.29, 1.82) is 0 Å². The van der Waals surface area contributed by atoms with Crippen LogP contribution in [0, 0.1) is 0 Å². The van der Waals surface area contributed by atoms with Crippen LogP contribution in [-0.2, 0) is 4.79 Å². The Morgan fingerprint density at radius 3 is 2.64 bits per heavy atom. The average molecular weight is 297 g/mol. The fourth-order valence-corrected chi connectivity index (χ4v) is 2.94. The molecule has 4 nitrogen and oxygen atoms in total. The maximum absolute atomic E-state index is 12.0. The second-order valence-electron chi connectivity index (χ2n) is 5.62. The van der Waals surface area contributed by atoms with Gasteiger partial charge in [-0.15, -0.1) is 0 Å². The highest BCUT2D eigenvalue weighted by Gasteiger charge is 2.32. The summed E-state index contributed by atoms with van der Waals surface area (Å²) in [6, 6.07) is 13.1. The first-order valence-electron chi connectivity index (χ1n) is 7.26. The molecular formula is C18H19NO3. The highest BCUT2D eigenvalue weighted by molar-refractivity contribution is 6.04. The molecule has 0 saturated heterocycles. The van der Waals surface area contributed by atoms with Gasteiger partial charge in [-0.2, -0.15) is 0 Å². The third-order valence-corrected chi connectivity index (χ3v) is 4.31. The zero-order valence-electron chi connectivity index (χ0n) is 12.9. The Kier molecular flexibility index (Phi) is 3.62. The standard InChI is InChI=1S/C18H19NO3/c1-11-15-10-13(7-8-16(15)19(2)18(11)21)17(20)12-5-4-6-14(9-12)22-3/h4-11,17,20H,1-3H3. The molecule has 2 unspecified atom stereocenters. The van der Waals surface area contributed by atoms with Gasteiger partial charge in [-0.25, -0.2) is 0 Å². The van der Waals surface area contributed by atoms with E-state index in [2.05, 4.69) is 0 Å². The predicted octanol–water partition coefficient (Wildman–Crippen LogP) is 2.86. The number of carbonyl (C=O) groups is 1. The number of rotatable bonds is 3. The van der Waals surface area contributed by atoms with Gasteiger partial charge in [0.15, 0.2) is 0 Å². The summed E-state index contributed by atoms with van der Waals surface area (Å²) in [4.78, 5) is 13.7. The number of carbonyl (C=O) groups excluding carboxylic acids is 1. The average Bonchev–Trinajstić information content (AvgIpc) is 2.78. The van der Waals surface area contributed by atoms with Gasteiger partial charge in [0.2, 0.25) is 5.91 Å². The Labute approximate surface area is 130 Å². The van der Waals surface area contributed by atoms with Crippen molar-refractivity contribution in [3.05, 3.63) is 59.2 Å². The number of likely N-dealkylation sites (N-methyl/N-ethyl adjacent to an activating group) is 1. The number of fused-ring (bicyclic) bond motifs is 1. The summed E-state index contributed by atoms with van der Waals surface area (Å²) in [6.45, 7) is 1.90. The van der Waals surface area contributed by atoms with Crippen molar-refractivity contribution >= 4 is 11.6 Å². The molecule has 1 heterocycles. The second-order valence-corrected chi connectivity index (χ2v) is 5.62. The van der Waals surface area contributed by atoms with Gasteiger partial charge in [0.25, 0.3) is 0 Å². The van der Waals surface area contributed by atoms with Crippen LogP contribution >= 0.6 is 0 Å². The first kappa shape index (κ1) is 14.6. The van der Waals surface area contributed by atoms with E-state index in [9.17, 15) is 9.90 Å². The minimum Gasteiger partial charge on any atom is -0.497 e. The summed E-state index contributed by atoms with van der Waals surface area (Å²) in [5.41, 5.74) is 3.43. The highest BCUT2D eigenvalue weighted by Crippen LogP contribution is 2.38. The number of aliphatic hydroxyl groups is 1. The molecule has 4 heteroatoms. The van der Waals surface area contributed by atoms with Crippen molar-refractivity contribution in [3.8, 4) is 5.75 Å². The zero-order valence-corrected chi connectivity index (χ0v) is 12.9. The summed E-state index contributed by atoms with van der Waals surface area (Å²) in [5, 5.41) is 10.6. The monoisotopic (exact) mass is 297 g/mol. The normalized spacial score (nSPS) is 18.3. The molecular weight excluding hydrogens is 278 g/mol. The van der Waals surface area contributed by atoms with Crippen LogP contribution in [0.1, 0.15) is 35.6 Å². The van der Waals surface area contributed by atoms with Crippen LogP contribution in [0.4, 0.5) is 5.69 Å². The number of methoxy groups -OCH3 is 1. The Hall–Kier alpha value is -2.33. The third kappa shape index (κ3) is 2.25. The van der Waals surface area contributed by atoms with E-state index in [1.54, 1.807) is 19.1 Å². The van der Waals surface area contributed by atoms with Crippen LogP contribution in [0.25, 0.3) is 0 Å². The van der Waals surface area contributed by atoms with Crippen molar-refractivity contribution < 1.29 is 14.6 Å². The van der Waals surface area contributed by atoms with E-state index in [-0.39, 0.29) is 11.8 Å². The number of hydrogen-bond acceptors (Lipinski definition) is 3. The van der Waals surface area contributed by atoms with Crippen LogP contribution < -0.4 is 9.64 Å². The predicted molar refractivity (Wildman–Crippen MR) is 85.3 cm³/mol. The maximum atomic E-state index is 12.0. The molecule has 0 bridgehead atoms. The van der Waals surface area contributed by atoms with Crippen molar-refractivity contribution in [2.45, 2.75) is 18.9 Å². The molecule has 1 aliphatic heterocycles. The lowest BCUT2D eigenvalue weighted by molar-refractivity contribution is -0.118. The number of hydrogen-bond donors (Lipinski definition) is 1.